The third kappa shape index (κ3) is 1.94. The van der Waals surface area contributed by atoms with Crippen molar-refractivity contribution in [1.29, 1.82) is 0 Å². The normalized spacial score (nSPS) is 21.9. The molecule has 7 nitrogen and oxygen atoms in total. The monoisotopic (exact) mass is 288 g/mol. The lowest BCUT2D eigenvalue weighted by Gasteiger charge is -2.18. The summed E-state index contributed by atoms with van der Waals surface area (Å²) in [6.45, 7) is 0.813. The van der Waals surface area contributed by atoms with Gasteiger partial charge in [0.05, 0.1) is 0 Å². The first-order valence-electron chi connectivity index (χ1n) is 6.27. The quantitative estimate of drug-likeness (QED) is 0.829. The number of amides is 3. The molecule has 21 heavy (non-hydrogen) atoms. The van der Waals surface area contributed by atoms with Crippen molar-refractivity contribution in [3.63, 3.8) is 0 Å². The van der Waals surface area contributed by atoms with E-state index in [9.17, 15) is 14.4 Å². The second-order valence-electron chi connectivity index (χ2n) is 4.99. The van der Waals surface area contributed by atoms with Crippen LogP contribution in [0.3, 0.4) is 0 Å². The van der Waals surface area contributed by atoms with E-state index in [1.165, 1.54) is 6.92 Å². The number of carbonyl (C=O) groups is 3. The number of nitrogens with one attached hydrogen (secondary N) is 1. The highest BCUT2D eigenvalue weighted by atomic mass is 16.4. The molecule has 0 bridgehead atoms. The number of urea groups is 1. The Labute approximate surface area is 119 Å². The van der Waals surface area contributed by atoms with Gasteiger partial charge >= 0.3 is 12.0 Å². The van der Waals surface area contributed by atoms with Crippen molar-refractivity contribution in [2.45, 2.75) is 12.5 Å². The van der Waals surface area contributed by atoms with Crippen LogP contribution in [0.2, 0.25) is 0 Å². The van der Waals surface area contributed by atoms with Crippen molar-refractivity contribution in [3.05, 3.63) is 36.1 Å². The Balaban J connectivity index is 2.02. The number of para-hydroxylation sites is 1. The molecule has 1 aliphatic heterocycles. The standard InChI is InChI=1S/C14H12N2O5/c1-14(10-6-8-4-2-3-5-9(8)21-10)12(19)16(7-11(17)18)13(20)15-14/h2-6H,7H2,1H3,(H,15,20)(H,17,18). The summed E-state index contributed by atoms with van der Waals surface area (Å²) >= 11 is 0. The average molecular weight is 288 g/mol. The van der Waals surface area contributed by atoms with Gasteiger partial charge in [0.25, 0.3) is 5.91 Å². The van der Waals surface area contributed by atoms with Crippen LogP contribution in [-0.4, -0.2) is 34.5 Å². The highest BCUT2D eigenvalue weighted by Crippen LogP contribution is 2.32. The summed E-state index contributed by atoms with van der Waals surface area (Å²) in [5.74, 6) is -1.63. The predicted octanol–water partition coefficient (Wildman–Crippen LogP) is 1.28. The number of hydrogen-bond donors (Lipinski definition) is 2. The van der Waals surface area contributed by atoms with Crippen LogP contribution in [-0.2, 0) is 15.1 Å². The van der Waals surface area contributed by atoms with E-state index in [-0.39, 0.29) is 5.76 Å². The molecule has 0 spiro atoms. The molecule has 108 valence electrons. The van der Waals surface area contributed by atoms with Gasteiger partial charge < -0.3 is 14.8 Å². The van der Waals surface area contributed by atoms with Crippen LogP contribution in [0, 0.1) is 0 Å². The fraction of sp³-hybridized carbons (Fsp3) is 0.214. The Morgan fingerprint density at radius 2 is 2.10 bits per heavy atom. The lowest BCUT2D eigenvalue weighted by Crippen LogP contribution is -2.41. The Kier molecular flexibility index (Phi) is 2.72. The van der Waals surface area contributed by atoms with Crippen molar-refractivity contribution in [2.24, 2.45) is 0 Å². The Morgan fingerprint density at radius 1 is 1.38 bits per heavy atom. The molecule has 1 saturated heterocycles. The number of rotatable bonds is 3. The van der Waals surface area contributed by atoms with Gasteiger partial charge in [-0.1, -0.05) is 18.2 Å². The third-order valence-electron chi connectivity index (χ3n) is 3.49. The highest BCUT2D eigenvalue weighted by Gasteiger charge is 2.51. The number of fused-ring (bicyclic) bond motifs is 1. The summed E-state index contributed by atoms with van der Waals surface area (Å²) < 4.78 is 5.62. The van der Waals surface area contributed by atoms with Gasteiger partial charge in [0.15, 0.2) is 5.54 Å². The number of imide groups is 1. The Morgan fingerprint density at radius 3 is 2.76 bits per heavy atom. The molecular formula is C14H12N2O5. The maximum Gasteiger partial charge on any atom is 0.325 e. The average Bonchev–Trinajstić information content (AvgIpc) is 2.95. The first kappa shape index (κ1) is 13.2. The number of hydrogen-bond acceptors (Lipinski definition) is 4. The minimum Gasteiger partial charge on any atom is -0.480 e. The summed E-state index contributed by atoms with van der Waals surface area (Å²) in [4.78, 5) is 35.6. The van der Waals surface area contributed by atoms with Gasteiger partial charge in [-0.15, -0.1) is 0 Å². The van der Waals surface area contributed by atoms with Gasteiger partial charge in [-0.3, -0.25) is 14.5 Å². The van der Waals surface area contributed by atoms with Crippen LogP contribution in [0.15, 0.2) is 34.7 Å². The molecule has 1 fully saturated rings. The summed E-state index contributed by atoms with van der Waals surface area (Å²) in [6.07, 6.45) is 0. The maximum absolute atomic E-state index is 12.4. The van der Waals surface area contributed by atoms with E-state index < -0.39 is 30.0 Å². The smallest absolute Gasteiger partial charge is 0.325 e. The van der Waals surface area contributed by atoms with Crippen molar-refractivity contribution < 1.29 is 23.9 Å². The highest BCUT2D eigenvalue weighted by molar-refractivity contribution is 6.08. The topological polar surface area (TPSA) is 99.8 Å². The Bertz CT molecular complexity index is 733. The number of nitrogens with zero attached hydrogens (tertiary/aromatic N) is 1. The van der Waals surface area contributed by atoms with Crippen LogP contribution in [0.25, 0.3) is 11.0 Å². The molecule has 3 amide bonds. The zero-order valence-corrected chi connectivity index (χ0v) is 11.1. The molecule has 1 aromatic heterocycles. The Hall–Kier alpha value is -2.83. The predicted molar refractivity (Wildman–Crippen MR) is 71.4 cm³/mol. The summed E-state index contributed by atoms with van der Waals surface area (Å²) in [5.41, 5.74) is -0.807. The van der Waals surface area contributed by atoms with E-state index >= 15 is 0 Å². The number of carbonyl (C=O) groups excluding carboxylic acids is 2. The van der Waals surface area contributed by atoms with Crippen LogP contribution >= 0.6 is 0 Å². The van der Waals surface area contributed by atoms with Crippen LogP contribution in [0.5, 0.6) is 0 Å². The van der Waals surface area contributed by atoms with Crippen LogP contribution in [0.4, 0.5) is 4.79 Å². The van der Waals surface area contributed by atoms with Gasteiger partial charge in [-0.05, 0) is 19.1 Å². The molecule has 0 saturated carbocycles. The van der Waals surface area contributed by atoms with Crippen molar-refractivity contribution in [1.82, 2.24) is 10.2 Å². The van der Waals surface area contributed by atoms with Crippen molar-refractivity contribution in [2.75, 3.05) is 6.54 Å². The molecule has 2 N–H and O–H groups in total. The summed E-state index contributed by atoms with van der Waals surface area (Å²) in [7, 11) is 0. The maximum atomic E-state index is 12.4. The largest absolute Gasteiger partial charge is 0.480 e. The number of furan rings is 1. The second-order valence-corrected chi connectivity index (χ2v) is 4.99. The van der Waals surface area contributed by atoms with E-state index in [1.807, 2.05) is 12.1 Å². The molecule has 7 heteroatoms. The molecule has 2 heterocycles. The molecule has 1 aromatic carbocycles. The van der Waals surface area contributed by atoms with Crippen molar-refractivity contribution in [3.8, 4) is 0 Å². The molecule has 0 radical (unpaired) electrons. The lowest BCUT2D eigenvalue weighted by atomic mass is 9.99. The van der Waals surface area contributed by atoms with Crippen LogP contribution in [0.1, 0.15) is 12.7 Å². The zero-order valence-electron chi connectivity index (χ0n) is 11.1. The molecule has 1 atom stereocenters. The number of carboxylic acids is 1. The molecule has 3 rings (SSSR count). The lowest BCUT2D eigenvalue weighted by molar-refractivity contribution is -0.142. The minimum atomic E-state index is -1.40. The number of aliphatic carboxylic acids is 1. The van der Waals surface area contributed by atoms with E-state index in [1.54, 1.807) is 18.2 Å². The summed E-state index contributed by atoms with van der Waals surface area (Å²) in [5, 5.41) is 12.1. The molecule has 1 unspecified atom stereocenters. The van der Waals surface area contributed by atoms with Gasteiger partial charge in [0, 0.05) is 5.39 Å². The molecule has 0 aliphatic carbocycles. The first-order chi connectivity index (χ1) is 9.91. The number of carboxylic acid groups (broad SMARTS) is 1. The van der Waals surface area contributed by atoms with Gasteiger partial charge in [-0.25, -0.2) is 4.79 Å². The molecular weight excluding hydrogens is 276 g/mol. The van der Waals surface area contributed by atoms with E-state index in [4.69, 9.17) is 9.52 Å². The SMILES string of the molecule is CC1(c2cc3ccccc3o2)NC(=O)N(CC(=O)O)C1=O. The van der Waals surface area contributed by atoms with E-state index in [2.05, 4.69) is 5.32 Å². The third-order valence-corrected chi connectivity index (χ3v) is 3.49. The first-order valence-corrected chi connectivity index (χ1v) is 6.27. The zero-order chi connectivity index (χ0) is 15.2. The van der Waals surface area contributed by atoms with Crippen molar-refractivity contribution >= 4 is 28.9 Å². The number of benzene rings is 1. The molecule has 2 aromatic rings. The van der Waals surface area contributed by atoms with Gasteiger partial charge in [0.2, 0.25) is 0 Å². The fourth-order valence-electron chi connectivity index (χ4n) is 2.37. The van der Waals surface area contributed by atoms with E-state index in [0.717, 1.165) is 5.39 Å². The second kappa shape index (κ2) is 4.34. The van der Waals surface area contributed by atoms with Gasteiger partial charge in [0.1, 0.15) is 17.9 Å². The van der Waals surface area contributed by atoms with Gasteiger partial charge in [-0.2, -0.15) is 0 Å². The molecule has 1 aliphatic rings. The minimum absolute atomic E-state index is 0.273. The van der Waals surface area contributed by atoms with Crippen LogP contribution < -0.4 is 5.32 Å². The summed E-state index contributed by atoms with van der Waals surface area (Å²) in [6, 6.07) is 8.11. The van der Waals surface area contributed by atoms with E-state index in [0.29, 0.717) is 10.5 Å². The fourth-order valence-corrected chi connectivity index (χ4v) is 2.37.